The summed E-state index contributed by atoms with van der Waals surface area (Å²) in [4.78, 5) is 7.29. The first-order valence-electron chi connectivity index (χ1n) is 3.11. The van der Waals surface area contributed by atoms with E-state index >= 15 is 0 Å². The lowest BCUT2D eigenvalue weighted by Gasteiger charge is -1.98. The fraction of sp³-hybridized carbons (Fsp3) is 0.333. The van der Waals surface area contributed by atoms with Crippen molar-refractivity contribution in [2.24, 2.45) is 0 Å². The molecule has 0 unspecified atom stereocenters. The molecule has 0 bridgehead atoms. The normalized spacial score (nSPS) is 11.6. The fourth-order valence-electron chi connectivity index (χ4n) is 0.670. The number of sulfone groups is 1. The van der Waals surface area contributed by atoms with Crippen molar-refractivity contribution in [2.75, 3.05) is 6.26 Å². The molecule has 0 aromatic carbocycles. The van der Waals surface area contributed by atoms with Crippen LogP contribution >= 0.6 is 11.6 Å². The molecule has 0 saturated heterocycles. The number of hydrogen-bond donors (Lipinski definition) is 0. The summed E-state index contributed by atoms with van der Waals surface area (Å²) in [7, 11) is -3.35. The molecule has 0 fully saturated rings. The monoisotopic (exact) mass is 206 g/mol. The largest absolute Gasteiger partial charge is 0.248 e. The predicted octanol–water partition coefficient (Wildman–Crippen LogP) is 0.842. The number of hydrogen-bond acceptors (Lipinski definition) is 4. The van der Waals surface area contributed by atoms with Gasteiger partial charge in [0.2, 0.25) is 15.0 Å². The zero-order valence-corrected chi connectivity index (χ0v) is 8.15. The van der Waals surface area contributed by atoms with Crippen molar-refractivity contribution in [3.8, 4) is 0 Å². The second-order valence-corrected chi connectivity index (χ2v) is 4.68. The maximum absolute atomic E-state index is 11.0. The van der Waals surface area contributed by atoms with Crippen LogP contribution in [0.25, 0.3) is 0 Å². The Balaban J connectivity index is 3.37. The maximum atomic E-state index is 11.0. The molecule has 66 valence electrons. The summed E-state index contributed by atoms with van der Waals surface area (Å²) in [6.07, 6.45) is 1.04. The van der Waals surface area contributed by atoms with Crippen molar-refractivity contribution in [2.45, 2.75) is 12.1 Å². The summed E-state index contributed by atoms with van der Waals surface area (Å²) in [6.45, 7) is 1.66. The van der Waals surface area contributed by atoms with Crippen molar-refractivity contribution in [3.63, 3.8) is 0 Å². The van der Waals surface area contributed by atoms with E-state index in [-0.39, 0.29) is 10.3 Å². The maximum Gasteiger partial charge on any atom is 0.248 e. The van der Waals surface area contributed by atoms with Gasteiger partial charge in [-0.3, -0.25) is 0 Å². The first-order chi connectivity index (χ1) is 5.39. The van der Waals surface area contributed by atoms with Crippen LogP contribution in [-0.2, 0) is 9.84 Å². The topological polar surface area (TPSA) is 59.9 Å². The van der Waals surface area contributed by atoms with Crippen LogP contribution in [-0.4, -0.2) is 24.6 Å². The average Bonchev–Trinajstić information content (AvgIpc) is 1.82. The van der Waals surface area contributed by atoms with Crippen LogP contribution in [0.1, 0.15) is 5.69 Å². The predicted molar refractivity (Wildman–Crippen MR) is 44.9 cm³/mol. The van der Waals surface area contributed by atoms with Crippen LogP contribution in [0.2, 0.25) is 5.15 Å². The molecule has 12 heavy (non-hydrogen) atoms. The van der Waals surface area contributed by atoms with Gasteiger partial charge in [0.15, 0.2) is 0 Å². The highest BCUT2D eigenvalue weighted by Gasteiger charge is 2.11. The van der Waals surface area contributed by atoms with E-state index in [1.807, 2.05) is 0 Å². The van der Waals surface area contributed by atoms with Gasteiger partial charge >= 0.3 is 0 Å². The highest BCUT2D eigenvalue weighted by molar-refractivity contribution is 7.90. The molecular formula is C6H7ClN2O2S. The molecule has 1 aromatic rings. The summed E-state index contributed by atoms with van der Waals surface area (Å²) in [6, 6.07) is 1.50. The molecule has 0 aliphatic rings. The van der Waals surface area contributed by atoms with Gasteiger partial charge in [-0.1, -0.05) is 11.6 Å². The third kappa shape index (κ3) is 2.15. The smallest absolute Gasteiger partial charge is 0.224 e. The highest BCUT2D eigenvalue weighted by Crippen LogP contribution is 2.09. The molecule has 0 aliphatic heterocycles. The Morgan fingerprint density at radius 3 is 2.42 bits per heavy atom. The van der Waals surface area contributed by atoms with Gasteiger partial charge in [0.1, 0.15) is 5.15 Å². The van der Waals surface area contributed by atoms with Crippen LogP contribution in [0.3, 0.4) is 0 Å². The Bertz CT molecular complexity index is 382. The van der Waals surface area contributed by atoms with Gasteiger partial charge in [0.25, 0.3) is 0 Å². The molecule has 0 amide bonds. The molecule has 0 radical (unpaired) electrons. The van der Waals surface area contributed by atoms with Gasteiger partial charge in [-0.15, -0.1) is 0 Å². The minimum atomic E-state index is -3.35. The summed E-state index contributed by atoms with van der Waals surface area (Å²) in [5.74, 6) is 0. The molecule has 4 nitrogen and oxygen atoms in total. The minimum Gasteiger partial charge on any atom is -0.224 e. The van der Waals surface area contributed by atoms with Crippen LogP contribution in [0.4, 0.5) is 0 Å². The van der Waals surface area contributed by atoms with Crippen molar-refractivity contribution in [3.05, 3.63) is 16.9 Å². The number of halogens is 1. The third-order valence-corrected chi connectivity index (χ3v) is 2.17. The van der Waals surface area contributed by atoms with Crippen LogP contribution in [0.5, 0.6) is 0 Å². The molecule has 1 rings (SSSR count). The van der Waals surface area contributed by atoms with E-state index in [9.17, 15) is 8.42 Å². The first kappa shape index (κ1) is 9.41. The molecule has 0 atom stereocenters. The van der Waals surface area contributed by atoms with Gasteiger partial charge < -0.3 is 0 Å². The van der Waals surface area contributed by atoms with E-state index in [1.54, 1.807) is 6.92 Å². The molecule has 1 aromatic heterocycles. The number of nitrogens with zero attached hydrogens (tertiary/aromatic N) is 2. The van der Waals surface area contributed by atoms with Gasteiger partial charge in [-0.2, -0.15) is 0 Å². The molecule has 0 saturated carbocycles. The van der Waals surface area contributed by atoms with Crippen molar-refractivity contribution >= 4 is 21.4 Å². The number of aryl methyl sites for hydroxylation is 1. The van der Waals surface area contributed by atoms with Crippen molar-refractivity contribution in [1.82, 2.24) is 9.97 Å². The van der Waals surface area contributed by atoms with E-state index < -0.39 is 9.84 Å². The van der Waals surface area contributed by atoms with Crippen LogP contribution < -0.4 is 0 Å². The molecule has 0 aliphatic carbocycles. The van der Waals surface area contributed by atoms with E-state index in [1.165, 1.54) is 6.07 Å². The zero-order chi connectivity index (χ0) is 9.35. The molecular weight excluding hydrogens is 200 g/mol. The lowest BCUT2D eigenvalue weighted by molar-refractivity contribution is 0.592. The van der Waals surface area contributed by atoms with Crippen molar-refractivity contribution in [1.29, 1.82) is 0 Å². The SMILES string of the molecule is Cc1cc(Cl)nc(S(C)(=O)=O)n1. The standard InChI is InChI=1S/C6H7ClN2O2S/c1-4-3-5(7)9-6(8-4)12(2,10)11/h3H,1-2H3. The van der Waals surface area contributed by atoms with E-state index in [0.717, 1.165) is 6.26 Å². The summed E-state index contributed by atoms with van der Waals surface area (Å²) >= 11 is 5.54. The van der Waals surface area contributed by atoms with Crippen LogP contribution in [0.15, 0.2) is 11.2 Å². The molecule has 0 N–H and O–H groups in total. The van der Waals surface area contributed by atoms with Crippen molar-refractivity contribution < 1.29 is 8.42 Å². The van der Waals surface area contributed by atoms with E-state index in [2.05, 4.69) is 9.97 Å². The summed E-state index contributed by atoms with van der Waals surface area (Å²) in [5.41, 5.74) is 0.537. The number of aromatic nitrogens is 2. The molecule has 1 heterocycles. The lowest BCUT2D eigenvalue weighted by atomic mass is 10.5. The quantitative estimate of drug-likeness (QED) is 0.505. The van der Waals surface area contributed by atoms with Gasteiger partial charge in [-0.05, 0) is 13.0 Å². The van der Waals surface area contributed by atoms with Gasteiger partial charge in [0, 0.05) is 11.9 Å². The first-order valence-corrected chi connectivity index (χ1v) is 5.38. The zero-order valence-electron chi connectivity index (χ0n) is 6.57. The minimum absolute atomic E-state index is 0.142. The summed E-state index contributed by atoms with van der Waals surface area (Å²) < 4.78 is 21.9. The Morgan fingerprint density at radius 2 is 2.00 bits per heavy atom. The highest BCUT2D eigenvalue weighted by atomic mass is 35.5. The Kier molecular flexibility index (Phi) is 2.34. The Labute approximate surface area is 75.5 Å². The second-order valence-electron chi connectivity index (χ2n) is 2.39. The fourth-order valence-corrected chi connectivity index (χ4v) is 1.53. The average molecular weight is 207 g/mol. The van der Waals surface area contributed by atoms with E-state index in [0.29, 0.717) is 5.69 Å². The Hall–Kier alpha value is -0.680. The second kappa shape index (κ2) is 2.99. The van der Waals surface area contributed by atoms with Crippen LogP contribution in [0, 0.1) is 6.92 Å². The van der Waals surface area contributed by atoms with E-state index in [4.69, 9.17) is 11.6 Å². The molecule has 0 spiro atoms. The van der Waals surface area contributed by atoms with Gasteiger partial charge in [-0.25, -0.2) is 18.4 Å². The Morgan fingerprint density at radius 1 is 1.42 bits per heavy atom. The lowest BCUT2D eigenvalue weighted by Crippen LogP contribution is -2.04. The molecule has 6 heteroatoms. The number of rotatable bonds is 1. The third-order valence-electron chi connectivity index (χ3n) is 1.13. The summed E-state index contributed by atoms with van der Waals surface area (Å²) in [5, 5.41) is -0.0876. The van der Waals surface area contributed by atoms with Gasteiger partial charge in [0.05, 0.1) is 0 Å².